The van der Waals surface area contributed by atoms with Crippen LogP contribution in [0.1, 0.15) is 70.8 Å². The highest BCUT2D eigenvalue weighted by atomic mass is 32.2. The fourth-order valence-electron chi connectivity index (χ4n) is 6.79. The first-order valence-electron chi connectivity index (χ1n) is 24.9. The third-order valence-electron chi connectivity index (χ3n) is 11.8. The number of aliphatic hydroxyl groups is 2. The number of nitrogen functional groups attached to an aromatic ring is 1. The van der Waals surface area contributed by atoms with Gasteiger partial charge in [0.1, 0.15) is 17.0 Å². The summed E-state index contributed by atoms with van der Waals surface area (Å²) in [4.78, 5) is 39.4. The number of amides is 3. The van der Waals surface area contributed by atoms with Crippen molar-refractivity contribution in [3.63, 3.8) is 0 Å². The number of aryl methyl sites for hydroxylation is 5. The van der Waals surface area contributed by atoms with Gasteiger partial charge in [0.15, 0.2) is 0 Å². The van der Waals surface area contributed by atoms with Gasteiger partial charge in [-0.2, -0.15) is 21.0 Å². The summed E-state index contributed by atoms with van der Waals surface area (Å²) in [7, 11) is 0. The van der Waals surface area contributed by atoms with Gasteiger partial charge in [0.25, 0.3) is 11.8 Å². The average Bonchev–Trinajstić information content (AvgIpc) is 3.43. The van der Waals surface area contributed by atoms with Crippen molar-refractivity contribution in [1.29, 1.82) is 21.0 Å². The zero-order valence-corrected chi connectivity index (χ0v) is 48.2. The molecule has 0 aliphatic heterocycles. The second-order valence-corrected chi connectivity index (χ2v) is 22.1. The molecule has 0 bridgehead atoms. The lowest BCUT2D eigenvalue weighted by molar-refractivity contribution is -0.130. The fraction of sp³-hybridized carbons (Fsp3) is 0.222. The third kappa shape index (κ3) is 20.8. The summed E-state index contributed by atoms with van der Waals surface area (Å²) in [6.07, 6.45) is 0. The van der Waals surface area contributed by atoms with Crippen LogP contribution in [0.15, 0.2) is 166 Å². The molecule has 13 nitrogen and oxygen atoms in total. The molecule has 0 heterocycles. The summed E-state index contributed by atoms with van der Waals surface area (Å²) in [6, 6.07) is 52.9. The van der Waals surface area contributed by atoms with Crippen molar-refractivity contribution < 1.29 is 29.0 Å². The number of anilines is 4. The number of carbonyl (C=O) groups is 3. The molecule has 3 amide bonds. The fourth-order valence-corrected chi connectivity index (χ4v) is 9.59. The highest BCUT2D eigenvalue weighted by Gasteiger charge is 2.32. The normalized spacial score (nSPS) is 12.0. The van der Waals surface area contributed by atoms with Crippen LogP contribution in [0.5, 0.6) is 0 Å². The number of thioether (sulfide) groups is 3. The molecule has 0 fully saturated rings. The second-order valence-electron chi connectivity index (χ2n) is 18.9. The summed E-state index contributed by atoms with van der Waals surface area (Å²) in [5.41, 5.74) is 11.8. The Labute approximate surface area is 481 Å². The van der Waals surface area contributed by atoms with Crippen molar-refractivity contribution in [1.82, 2.24) is 0 Å². The number of nitriles is 4. The summed E-state index contributed by atoms with van der Waals surface area (Å²) >= 11 is 4.18. The monoisotopic (exact) mass is 1130 g/mol. The summed E-state index contributed by atoms with van der Waals surface area (Å²) in [6.45, 7) is 14.2. The van der Waals surface area contributed by atoms with E-state index in [1.807, 2.05) is 63.2 Å². The molecule has 7 N–H and O–H groups in total. The molecule has 3 unspecified atom stereocenters. The van der Waals surface area contributed by atoms with E-state index >= 15 is 0 Å². The molecule has 7 aromatic carbocycles. The van der Waals surface area contributed by atoms with Gasteiger partial charge in [-0.1, -0.05) is 55.0 Å². The average molecular weight is 1130 g/mol. The highest BCUT2D eigenvalue weighted by Crippen LogP contribution is 2.28. The Balaban J connectivity index is 0.000000238. The number of hydrogen-bond acceptors (Lipinski definition) is 13. The van der Waals surface area contributed by atoms with E-state index in [9.17, 15) is 29.0 Å². The molecule has 80 heavy (non-hydrogen) atoms. The van der Waals surface area contributed by atoms with Crippen LogP contribution in [0.2, 0.25) is 0 Å². The molecule has 3 atom stereocenters. The zero-order chi connectivity index (χ0) is 59.0. The standard InChI is InChI=1S/C19H20N2OS.C18H17FN2O2S.C18H18N2O2S.C8H8N2/c1-13-4-8-18(9-5-13)23-12-15(3)19(22)21-17-7-6-16(11-20)14(2)10-17;1-12-9-14(8-7-13(12)10-20)21-17(22)18(2,23)11-24-16-6-4-3-5-15(16)19;1-13-10-15(9-8-14(13)11-19)20-17(21)18(2,22)12-23-16-6-4-3-5-7-16;1-6-4-8(10)3-2-7(6)5-9/h4-10,15H,12H2,1-3H3,(H,21,22);3-9,23H,11H2,1-2H3,(H,21,22);3-10,22H,12H2,1-2H3,(H,20,21);2-4H,10H2,1H3. The lowest BCUT2D eigenvalue weighted by atomic mass is 10.1. The number of nitrogens with two attached hydrogens (primary N) is 1. The minimum atomic E-state index is -1.67. The maximum Gasteiger partial charge on any atom is 0.256 e. The van der Waals surface area contributed by atoms with Crippen molar-refractivity contribution in [3.05, 3.63) is 208 Å². The molecule has 0 aliphatic carbocycles. The summed E-state index contributed by atoms with van der Waals surface area (Å²) in [5.74, 6) is -0.565. The Morgan fingerprint density at radius 2 is 0.938 bits per heavy atom. The van der Waals surface area contributed by atoms with E-state index in [-0.39, 0.29) is 29.1 Å². The number of rotatable bonds is 15. The first kappa shape index (κ1) is 64.1. The smallest absolute Gasteiger partial charge is 0.256 e. The van der Waals surface area contributed by atoms with Gasteiger partial charge < -0.3 is 31.9 Å². The van der Waals surface area contributed by atoms with Gasteiger partial charge in [-0.3, -0.25) is 14.4 Å². The molecule has 0 saturated heterocycles. The zero-order valence-electron chi connectivity index (χ0n) is 45.7. The maximum atomic E-state index is 13.6. The van der Waals surface area contributed by atoms with Crippen LogP contribution in [0.3, 0.4) is 0 Å². The van der Waals surface area contributed by atoms with Crippen molar-refractivity contribution >= 4 is 75.8 Å². The topological polar surface area (TPSA) is 249 Å². The largest absolute Gasteiger partial charge is 0.399 e. The van der Waals surface area contributed by atoms with E-state index in [4.69, 9.17) is 26.8 Å². The number of carbonyl (C=O) groups excluding carboxylic acids is 3. The van der Waals surface area contributed by atoms with E-state index in [0.717, 1.165) is 50.4 Å². The number of nitrogens with zero attached hydrogens (tertiary/aromatic N) is 4. The summed E-state index contributed by atoms with van der Waals surface area (Å²) < 4.78 is 13.6. The molecule has 7 rings (SSSR count). The highest BCUT2D eigenvalue weighted by molar-refractivity contribution is 7.99. The molecule has 0 spiro atoms. The van der Waals surface area contributed by atoms with Gasteiger partial charge in [0.2, 0.25) is 5.91 Å². The van der Waals surface area contributed by atoms with Crippen molar-refractivity contribution in [2.24, 2.45) is 5.92 Å². The molecular formula is C63H63FN8O5S3. The maximum absolute atomic E-state index is 13.6. The van der Waals surface area contributed by atoms with Crippen molar-refractivity contribution in [3.8, 4) is 24.3 Å². The van der Waals surface area contributed by atoms with E-state index in [1.165, 1.54) is 42.1 Å². The molecule has 0 aliphatic rings. The third-order valence-corrected chi connectivity index (χ3v) is 15.7. The Morgan fingerprint density at radius 1 is 0.537 bits per heavy atom. The second kappa shape index (κ2) is 31.3. The first-order chi connectivity index (χ1) is 38.0. The molecule has 410 valence electrons. The number of halogens is 1. The lowest BCUT2D eigenvalue weighted by Gasteiger charge is -2.22. The Hall–Kier alpha value is -8.39. The quantitative estimate of drug-likeness (QED) is 0.0413. The van der Waals surface area contributed by atoms with Gasteiger partial charge in [0, 0.05) is 60.6 Å². The van der Waals surface area contributed by atoms with Crippen LogP contribution < -0.4 is 21.7 Å². The van der Waals surface area contributed by atoms with E-state index < -0.39 is 23.0 Å². The predicted octanol–water partition coefficient (Wildman–Crippen LogP) is 12.8. The van der Waals surface area contributed by atoms with E-state index in [2.05, 4.69) is 65.3 Å². The first-order valence-corrected chi connectivity index (χ1v) is 27.9. The Morgan fingerprint density at radius 3 is 1.38 bits per heavy atom. The van der Waals surface area contributed by atoms with Crippen LogP contribution in [0.4, 0.5) is 27.1 Å². The van der Waals surface area contributed by atoms with E-state index in [1.54, 1.807) is 111 Å². The van der Waals surface area contributed by atoms with Crippen molar-refractivity contribution in [2.45, 2.75) is 81.3 Å². The Kier molecular flexibility index (Phi) is 25.1. The van der Waals surface area contributed by atoms with Crippen LogP contribution in [0, 0.1) is 91.7 Å². The number of nitrogens with one attached hydrogen (secondary N) is 3. The van der Waals surface area contributed by atoms with E-state index in [0.29, 0.717) is 44.2 Å². The minimum absolute atomic E-state index is 0.00582. The Bertz CT molecular complexity index is 3440. The van der Waals surface area contributed by atoms with Gasteiger partial charge in [-0.05, 0) is 180 Å². The molecule has 7 aromatic rings. The van der Waals surface area contributed by atoms with Gasteiger partial charge in [0.05, 0.1) is 46.5 Å². The molecule has 0 radical (unpaired) electrons. The lowest BCUT2D eigenvalue weighted by Crippen LogP contribution is -2.42. The van der Waals surface area contributed by atoms with Crippen molar-refractivity contribution in [2.75, 3.05) is 38.9 Å². The predicted molar refractivity (Wildman–Crippen MR) is 320 cm³/mol. The van der Waals surface area contributed by atoms with Crippen LogP contribution in [-0.2, 0) is 14.4 Å². The number of benzene rings is 7. The van der Waals surface area contributed by atoms with Crippen LogP contribution in [-0.4, -0.2) is 56.4 Å². The van der Waals surface area contributed by atoms with Crippen LogP contribution in [0.25, 0.3) is 0 Å². The SMILES string of the molecule is Cc1cc(N)ccc1C#N.Cc1cc(NC(=O)C(C)(O)CSc2ccccc2)ccc1C#N.Cc1cc(NC(=O)C(C)(O)CSc2ccccc2F)ccc1C#N.Cc1ccc(SCC(C)C(=O)Nc2ccc(C#N)c(C)c2)cc1. The number of hydrogen-bond donors (Lipinski definition) is 6. The van der Waals surface area contributed by atoms with Gasteiger partial charge in [-0.15, -0.1) is 35.3 Å². The summed E-state index contributed by atoms with van der Waals surface area (Å²) in [5, 5.41) is 64.3. The minimum Gasteiger partial charge on any atom is -0.399 e. The molecule has 17 heteroatoms. The van der Waals surface area contributed by atoms with Gasteiger partial charge >= 0.3 is 0 Å². The molecular weight excluding hydrogens is 1060 g/mol. The van der Waals surface area contributed by atoms with Crippen LogP contribution >= 0.6 is 35.3 Å². The molecule has 0 saturated carbocycles. The molecule has 0 aromatic heterocycles. The van der Waals surface area contributed by atoms with Gasteiger partial charge in [-0.25, -0.2) is 4.39 Å².